The lowest BCUT2D eigenvalue weighted by Gasteiger charge is -2.28. The Kier molecular flexibility index (Phi) is 6.37. The van der Waals surface area contributed by atoms with Crippen LogP contribution in [0.15, 0.2) is 102 Å². The normalized spacial score (nSPS) is 17.2. The van der Waals surface area contributed by atoms with E-state index >= 15 is 0 Å². The molecule has 1 aliphatic heterocycles. The fourth-order valence-corrected chi connectivity index (χ4v) is 5.85. The van der Waals surface area contributed by atoms with E-state index in [0.29, 0.717) is 0 Å². The maximum atomic E-state index is 13.5. The van der Waals surface area contributed by atoms with Crippen LogP contribution in [0.1, 0.15) is 42.3 Å². The number of fused-ring (bicyclic) bond motifs is 3. The van der Waals surface area contributed by atoms with Crippen LogP contribution in [0.5, 0.6) is 0 Å². The monoisotopic (exact) mass is 521 g/mol. The summed E-state index contributed by atoms with van der Waals surface area (Å²) < 4.78 is 15.9. The summed E-state index contributed by atoms with van der Waals surface area (Å²) in [6.07, 6.45) is 3.62. The molecule has 0 radical (unpaired) electrons. The van der Waals surface area contributed by atoms with Crippen molar-refractivity contribution in [1.82, 2.24) is 20.3 Å². The highest BCUT2D eigenvalue weighted by Crippen LogP contribution is 2.37. The third-order valence-electron chi connectivity index (χ3n) is 6.79. The molecule has 0 unspecified atom stereocenters. The van der Waals surface area contributed by atoms with Crippen molar-refractivity contribution in [2.45, 2.75) is 31.3 Å². The van der Waals surface area contributed by atoms with Gasteiger partial charge in [0.2, 0.25) is 4.99 Å². The largest absolute Gasteiger partial charge is 0.355 e. The zero-order valence-corrected chi connectivity index (χ0v) is 22.0. The Morgan fingerprint density at radius 3 is 2.53 bits per heavy atom. The van der Waals surface area contributed by atoms with E-state index in [1.54, 1.807) is 18.3 Å². The Hall–Kier alpha value is -4.10. The molecule has 6 rings (SSSR count). The minimum atomic E-state index is -0.707. The van der Waals surface area contributed by atoms with E-state index in [4.69, 9.17) is 4.98 Å². The van der Waals surface area contributed by atoms with Gasteiger partial charge in [0.25, 0.3) is 0 Å². The molecule has 2 aromatic heterocycles. The molecule has 5 aromatic rings. The Bertz CT molecular complexity index is 1650. The SMILES string of the molecule is CC(C)c1nc(/C=N/N[C@]2(c3ccc(F)cc3)NC=CS2)cc2c3ccccc3n(Cc3ccccc3)c12. The molecule has 3 heterocycles. The van der Waals surface area contributed by atoms with Gasteiger partial charge in [0, 0.05) is 34.6 Å². The van der Waals surface area contributed by atoms with Crippen LogP contribution in [-0.2, 0) is 11.5 Å². The van der Waals surface area contributed by atoms with E-state index in [1.165, 1.54) is 45.7 Å². The number of rotatable bonds is 7. The van der Waals surface area contributed by atoms with Crippen molar-refractivity contribution in [3.63, 3.8) is 0 Å². The van der Waals surface area contributed by atoms with E-state index in [2.05, 4.69) is 88.9 Å². The molecule has 5 nitrogen and oxygen atoms in total. The molecule has 1 atom stereocenters. The van der Waals surface area contributed by atoms with Gasteiger partial charge >= 0.3 is 0 Å². The molecule has 1 aliphatic rings. The molecular formula is C31H28FN5S. The number of benzene rings is 3. The van der Waals surface area contributed by atoms with Gasteiger partial charge in [-0.1, -0.05) is 86.3 Å². The van der Waals surface area contributed by atoms with Crippen LogP contribution < -0.4 is 10.7 Å². The summed E-state index contributed by atoms with van der Waals surface area (Å²) in [6, 6.07) is 27.6. The van der Waals surface area contributed by atoms with Gasteiger partial charge < -0.3 is 9.88 Å². The number of pyridine rings is 1. The van der Waals surface area contributed by atoms with Gasteiger partial charge in [-0.15, -0.1) is 0 Å². The van der Waals surface area contributed by atoms with Gasteiger partial charge in [-0.05, 0) is 41.2 Å². The minimum absolute atomic E-state index is 0.222. The lowest BCUT2D eigenvalue weighted by molar-refractivity contribution is 0.462. The highest BCUT2D eigenvalue weighted by atomic mass is 32.2. The summed E-state index contributed by atoms with van der Waals surface area (Å²) >= 11 is 1.54. The molecule has 0 aliphatic carbocycles. The standard InChI is InChI=1S/C31H28FN5S/c1-21(2)29-30-27(26-10-6-7-11-28(26)37(30)20-22-8-4-3-5-9-22)18-25(35-29)19-34-36-31(33-16-17-38-31)23-12-14-24(32)15-13-23/h3-19,21,33,36H,20H2,1-2H3/b34-19+/t31-/m0/s1. The number of nitrogens with one attached hydrogen (secondary N) is 2. The molecule has 7 heteroatoms. The Balaban J connectivity index is 1.41. The number of thioether (sulfide) groups is 1. The minimum Gasteiger partial charge on any atom is -0.355 e. The van der Waals surface area contributed by atoms with Gasteiger partial charge in [0.15, 0.2) is 0 Å². The highest BCUT2D eigenvalue weighted by molar-refractivity contribution is 8.03. The fraction of sp³-hybridized carbons (Fsp3) is 0.161. The van der Waals surface area contributed by atoms with Gasteiger partial charge in [-0.3, -0.25) is 5.43 Å². The van der Waals surface area contributed by atoms with Crippen LogP contribution >= 0.6 is 11.8 Å². The maximum Gasteiger partial charge on any atom is 0.202 e. The average Bonchev–Trinajstić information content (AvgIpc) is 3.53. The van der Waals surface area contributed by atoms with E-state index in [0.717, 1.165) is 29.0 Å². The summed E-state index contributed by atoms with van der Waals surface area (Å²) in [6.45, 7) is 5.14. The van der Waals surface area contributed by atoms with Crippen molar-refractivity contribution in [1.29, 1.82) is 0 Å². The third-order valence-corrected chi connectivity index (χ3v) is 7.86. The number of para-hydroxylation sites is 1. The molecule has 3 aromatic carbocycles. The van der Waals surface area contributed by atoms with Crippen LogP contribution in [0.4, 0.5) is 4.39 Å². The maximum absolute atomic E-state index is 13.5. The van der Waals surface area contributed by atoms with E-state index in [1.807, 2.05) is 17.7 Å². The van der Waals surface area contributed by atoms with Gasteiger partial charge in [-0.25, -0.2) is 9.37 Å². The van der Waals surface area contributed by atoms with Crippen molar-refractivity contribution in [2.24, 2.45) is 5.10 Å². The Morgan fingerprint density at radius 1 is 1.03 bits per heavy atom. The first kappa shape index (κ1) is 24.2. The summed E-state index contributed by atoms with van der Waals surface area (Å²) in [5.74, 6) is -0.0482. The summed E-state index contributed by atoms with van der Waals surface area (Å²) in [7, 11) is 0. The van der Waals surface area contributed by atoms with Gasteiger partial charge in [-0.2, -0.15) is 5.10 Å². The van der Waals surface area contributed by atoms with Crippen LogP contribution in [0.25, 0.3) is 21.8 Å². The van der Waals surface area contributed by atoms with Gasteiger partial charge in [0.05, 0.1) is 23.1 Å². The summed E-state index contributed by atoms with van der Waals surface area (Å²) in [5, 5.41) is 12.2. The highest BCUT2D eigenvalue weighted by Gasteiger charge is 2.33. The molecule has 0 fully saturated rings. The molecular weight excluding hydrogens is 493 g/mol. The zero-order chi connectivity index (χ0) is 26.1. The first-order valence-electron chi connectivity index (χ1n) is 12.7. The molecule has 0 saturated heterocycles. The second kappa shape index (κ2) is 9.99. The number of hydrazone groups is 1. The van der Waals surface area contributed by atoms with E-state index < -0.39 is 4.99 Å². The van der Waals surface area contributed by atoms with E-state index in [9.17, 15) is 4.39 Å². The molecule has 0 spiro atoms. The molecule has 0 bridgehead atoms. The third kappa shape index (κ3) is 4.43. The summed E-state index contributed by atoms with van der Waals surface area (Å²) in [5.41, 5.74) is 9.54. The first-order valence-corrected chi connectivity index (χ1v) is 13.5. The number of aromatic nitrogens is 2. The first-order chi connectivity index (χ1) is 18.5. The number of nitrogens with zero attached hydrogens (tertiary/aromatic N) is 3. The predicted octanol–water partition coefficient (Wildman–Crippen LogP) is 7.04. The molecule has 190 valence electrons. The van der Waals surface area contributed by atoms with Crippen molar-refractivity contribution in [3.8, 4) is 0 Å². The van der Waals surface area contributed by atoms with Crippen LogP contribution in [0.3, 0.4) is 0 Å². The Morgan fingerprint density at radius 2 is 1.79 bits per heavy atom. The second-order valence-electron chi connectivity index (χ2n) is 9.70. The van der Waals surface area contributed by atoms with Crippen LogP contribution in [0.2, 0.25) is 0 Å². The van der Waals surface area contributed by atoms with Crippen molar-refractivity contribution in [3.05, 3.63) is 125 Å². The zero-order valence-electron chi connectivity index (χ0n) is 21.2. The molecule has 0 amide bonds. The van der Waals surface area contributed by atoms with E-state index in [-0.39, 0.29) is 11.7 Å². The van der Waals surface area contributed by atoms with Gasteiger partial charge in [0.1, 0.15) is 5.82 Å². The molecule has 2 N–H and O–H groups in total. The Labute approximate surface area is 225 Å². The predicted molar refractivity (Wildman–Crippen MR) is 156 cm³/mol. The van der Waals surface area contributed by atoms with Crippen molar-refractivity contribution >= 4 is 39.8 Å². The fourth-order valence-electron chi connectivity index (χ4n) is 4.99. The van der Waals surface area contributed by atoms with Crippen molar-refractivity contribution in [2.75, 3.05) is 0 Å². The number of hydrogen-bond donors (Lipinski definition) is 2. The molecule has 0 saturated carbocycles. The smallest absolute Gasteiger partial charge is 0.202 e. The topological polar surface area (TPSA) is 54.2 Å². The lowest BCUT2D eigenvalue weighted by atomic mass is 10.0. The second-order valence-corrected chi connectivity index (χ2v) is 10.8. The number of hydrogen-bond acceptors (Lipinski definition) is 5. The van der Waals surface area contributed by atoms with Crippen LogP contribution in [0, 0.1) is 5.82 Å². The van der Waals surface area contributed by atoms with Crippen molar-refractivity contribution < 1.29 is 4.39 Å². The quantitative estimate of drug-likeness (QED) is 0.178. The number of halogens is 1. The average molecular weight is 522 g/mol. The van der Waals surface area contributed by atoms with Crippen LogP contribution in [-0.4, -0.2) is 15.8 Å². The molecule has 38 heavy (non-hydrogen) atoms. The summed E-state index contributed by atoms with van der Waals surface area (Å²) in [4.78, 5) is 4.36. The lowest BCUT2D eigenvalue weighted by Crippen LogP contribution is -2.44.